The van der Waals surface area contributed by atoms with Gasteiger partial charge in [-0.05, 0) is 25.8 Å². The van der Waals surface area contributed by atoms with Crippen molar-refractivity contribution < 1.29 is 4.42 Å². The third-order valence-electron chi connectivity index (χ3n) is 3.66. The maximum absolute atomic E-state index is 6.37. The number of hydrogen-bond donors (Lipinski definition) is 0. The Morgan fingerprint density at radius 3 is 2.48 bits per heavy atom. The average molecular weight is 301 g/mol. The Morgan fingerprint density at radius 2 is 1.81 bits per heavy atom. The van der Waals surface area contributed by atoms with E-state index >= 15 is 0 Å². The number of furan rings is 1. The first-order chi connectivity index (χ1) is 9.99. The van der Waals surface area contributed by atoms with Gasteiger partial charge in [0.2, 0.25) is 0 Å². The van der Waals surface area contributed by atoms with E-state index in [1.807, 2.05) is 38.1 Å². The van der Waals surface area contributed by atoms with Gasteiger partial charge in [0.1, 0.15) is 16.5 Å². The monoisotopic (exact) mass is 300 g/mol. The first-order valence-corrected chi connectivity index (χ1v) is 7.39. The van der Waals surface area contributed by atoms with Crippen molar-refractivity contribution >= 4 is 22.6 Å². The van der Waals surface area contributed by atoms with Crippen molar-refractivity contribution in [3.05, 3.63) is 46.4 Å². The van der Waals surface area contributed by atoms with E-state index in [1.165, 1.54) is 0 Å². The molecule has 0 fully saturated rings. The Bertz CT molecular complexity index is 798. The molecule has 0 saturated heterocycles. The number of fused-ring (bicyclic) bond motifs is 1. The maximum atomic E-state index is 6.37. The van der Waals surface area contributed by atoms with Crippen LogP contribution in [0.2, 0.25) is 5.15 Å². The van der Waals surface area contributed by atoms with Gasteiger partial charge in [-0.15, -0.1) is 0 Å². The molecule has 0 aliphatic heterocycles. The molecule has 3 aromatic rings. The van der Waals surface area contributed by atoms with Crippen LogP contribution < -0.4 is 0 Å². The molecule has 0 spiro atoms. The van der Waals surface area contributed by atoms with Crippen LogP contribution in [-0.2, 0) is 0 Å². The number of rotatable bonds is 2. The third-order valence-corrected chi connectivity index (χ3v) is 3.95. The molecule has 21 heavy (non-hydrogen) atoms. The van der Waals surface area contributed by atoms with Crippen LogP contribution in [0.15, 0.2) is 28.7 Å². The highest BCUT2D eigenvalue weighted by molar-refractivity contribution is 6.30. The molecule has 0 amide bonds. The second-order valence-corrected chi connectivity index (χ2v) is 5.88. The normalized spacial score (nSPS) is 11.5. The minimum absolute atomic E-state index is 0.300. The van der Waals surface area contributed by atoms with Crippen molar-refractivity contribution in [2.75, 3.05) is 0 Å². The van der Waals surface area contributed by atoms with E-state index in [4.69, 9.17) is 16.0 Å². The summed E-state index contributed by atoms with van der Waals surface area (Å²) in [5, 5.41) is 1.54. The van der Waals surface area contributed by atoms with Gasteiger partial charge >= 0.3 is 0 Å². The number of nitrogens with zero attached hydrogens (tertiary/aromatic N) is 2. The average Bonchev–Trinajstić information content (AvgIpc) is 2.73. The molecule has 0 bridgehead atoms. The van der Waals surface area contributed by atoms with Crippen molar-refractivity contribution in [3.8, 4) is 11.4 Å². The summed E-state index contributed by atoms with van der Waals surface area (Å²) in [6.45, 7) is 8.09. The predicted molar refractivity (Wildman–Crippen MR) is 85.8 cm³/mol. The molecule has 2 aromatic heterocycles. The van der Waals surface area contributed by atoms with Crippen LogP contribution in [0.3, 0.4) is 0 Å². The lowest BCUT2D eigenvalue weighted by atomic mass is 10.0. The highest BCUT2D eigenvalue weighted by atomic mass is 35.5. The fourth-order valence-corrected chi connectivity index (χ4v) is 3.20. The van der Waals surface area contributed by atoms with Gasteiger partial charge in [-0.1, -0.05) is 43.6 Å². The molecule has 0 aliphatic carbocycles. The van der Waals surface area contributed by atoms with E-state index in [0.717, 1.165) is 33.6 Å². The zero-order valence-corrected chi connectivity index (χ0v) is 13.3. The fraction of sp³-hybridized carbons (Fsp3) is 0.294. The summed E-state index contributed by atoms with van der Waals surface area (Å²) in [7, 11) is 0. The van der Waals surface area contributed by atoms with Crippen LogP contribution in [0.1, 0.15) is 36.8 Å². The summed E-state index contributed by atoms with van der Waals surface area (Å²) < 4.78 is 5.79. The smallest absolute Gasteiger partial charge is 0.165 e. The van der Waals surface area contributed by atoms with Gasteiger partial charge in [-0.3, -0.25) is 0 Å². The van der Waals surface area contributed by atoms with Crippen molar-refractivity contribution in [2.24, 2.45) is 0 Å². The Hall–Kier alpha value is -1.87. The number of halogens is 1. The zero-order chi connectivity index (χ0) is 15.1. The summed E-state index contributed by atoms with van der Waals surface area (Å²) in [4.78, 5) is 9.16. The second-order valence-electron chi connectivity index (χ2n) is 5.52. The number of aromatic nitrogens is 2. The number of benzene rings is 1. The molecule has 108 valence electrons. The van der Waals surface area contributed by atoms with E-state index in [9.17, 15) is 0 Å². The van der Waals surface area contributed by atoms with Crippen LogP contribution in [0.5, 0.6) is 0 Å². The molecular formula is C17H17ClN2O. The molecule has 0 unspecified atom stereocenters. The molecule has 3 nitrogen and oxygen atoms in total. The molecule has 2 heterocycles. The lowest BCUT2D eigenvalue weighted by Gasteiger charge is -2.12. The summed E-state index contributed by atoms with van der Waals surface area (Å²) in [5.41, 5.74) is 3.69. The van der Waals surface area contributed by atoms with Gasteiger partial charge in [0.25, 0.3) is 0 Å². The van der Waals surface area contributed by atoms with Crippen molar-refractivity contribution in [1.29, 1.82) is 0 Å². The standard InChI is InChI=1S/C17H17ClN2O/c1-9(2)14-10(3)19-17(20-16(14)18)15-11(4)21-13-8-6-5-7-12(13)15/h5-9H,1-4H3. The fourth-order valence-electron chi connectivity index (χ4n) is 2.76. The lowest BCUT2D eigenvalue weighted by Crippen LogP contribution is -2.02. The number of hydrogen-bond acceptors (Lipinski definition) is 3. The molecule has 1 aromatic carbocycles. The molecule has 3 rings (SSSR count). The Kier molecular flexibility index (Phi) is 3.46. The Labute approximate surface area is 129 Å². The number of aryl methyl sites for hydroxylation is 2. The van der Waals surface area contributed by atoms with Crippen LogP contribution in [0.25, 0.3) is 22.4 Å². The number of para-hydroxylation sites is 1. The minimum Gasteiger partial charge on any atom is -0.461 e. The third kappa shape index (κ3) is 2.32. The summed E-state index contributed by atoms with van der Waals surface area (Å²) >= 11 is 6.37. The quantitative estimate of drug-likeness (QED) is 0.604. The largest absolute Gasteiger partial charge is 0.461 e. The highest BCUT2D eigenvalue weighted by Gasteiger charge is 2.19. The SMILES string of the molecule is Cc1nc(-c2c(C)oc3ccccc23)nc(Cl)c1C(C)C. The molecular weight excluding hydrogens is 284 g/mol. The molecule has 0 radical (unpaired) electrons. The van der Waals surface area contributed by atoms with Crippen LogP contribution in [-0.4, -0.2) is 9.97 Å². The summed E-state index contributed by atoms with van der Waals surface area (Å²) in [5.74, 6) is 1.74. The lowest BCUT2D eigenvalue weighted by molar-refractivity contribution is 0.579. The molecule has 0 N–H and O–H groups in total. The van der Waals surface area contributed by atoms with Gasteiger partial charge in [-0.25, -0.2) is 9.97 Å². The Balaban J connectivity index is 2.27. The predicted octanol–water partition coefficient (Wildman–Crippen LogP) is 5.28. The van der Waals surface area contributed by atoms with E-state index in [0.29, 0.717) is 16.9 Å². The van der Waals surface area contributed by atoms with Crippen LogP contribution in [0, 0.1) is 13.8 Å². The van der Waals surface area contributed by atoms with E-state index in [1.54, 1.807) is 0 Å². The summed E-state index contributed by atoms with van der Waals surface area (Å²) in [6.07, 6.45) is 0. The van der Waals surface area contributed by atoms with E-state index in [2.05, 4.69) is 23.8 Å². The van der Waals surface area contributed by atoms with Crippen LogP contribution >= 0.6 is 11.6 Å². The van der Waals surface area contributed by atoms with Crippen molar-refractivity contribution in [1.82, 2.24) is 9.97 Å². The second kappa shape index (κ2) is 5.15. The van der Waals surface area contributed by atoms with E-state index in [-0.39, 0.29) is 0 Å². The zero-order valence-electron chi connectivity index (χ0n) is 12.6. The van der Waals surface area contributed by atoms with E-state index < -0.39 is 0 Å². The van der Waals surface area contributed by atoms with Crippen LogP contribution in [0.4, 0.5) is 0 Å². The van der Waals surface area contributed by atoms with Gasteiger partial charge in [0, 0.05) is 16.6 Å². The highest BCUT2D eigenvalue weighted by Crippen LogP contribution is 2.34. The maximum Gasteiger partial charge on any atom is 0.165 e. The Morgan fingerprint density at radius 1 is 1.10 bits per heavy atom. The van der Waals surface area contributed by atoms with Gasteiger partial charge in [0.05, 0.1) is 5.56 Å². The topological polar surface area (TPSA) is 38.9 Å². The van der Waals surface area contributed by atoms with Gasteiger partial charge < -0.3 is 4.42 Å². The molecule has 0 saturated carbocycles. The van der Waals surface area contributed by atoms with Gasteiger partial charge in [0.15, 0.2) is 5.82 Å². The summed E-state index contributed by atoms with van der Waals surface area (Å²) in [6, 6.07) is 7.90. The van der Waals surface area contributed by atoms with Crippen molar-refractivity contribution in [3.63, 3.8) is 0 Å². The van der Waals surface area contributed by atoms with Crippen molar-refractivity contribution in [2.45, 2.75) is 33.6 Å². The molecule has 0 atom stereocenters. The first-order valence-electron chi connectivity index (χ1n) is 7.01. The van der Waals surface area contributed by atoms with Gasteiger partial charge in [-0.2, -0.15) is 0 Å². The minimum atomic E-state index is 0.300. The molecule has 4 heteroatoms. The molecule has 0 aliphatic rings. The first kappa shape index (κ1) is 14.1.